The number of carbonyl (C=O) groups excluding carboxylic acids is 1. The van der Waals surface area contributed by atoms with E-state index in [4.69, 9.17) is 5.73 Å². The molecule has 1 unspecified atom stereocenters. The zero-order valence-corrected chi connectivity index (χ0v) is 10.3. The van der Waals surface area contributed by atoms with Crippen LogP contribution in [0.3, 0.4) is 0 Å². The molecule has 0 radical (unpaired) electrons. The highest BCUT2D eigenvalue weighted by Gasteiger charge is 2.28. The van der Waals surface area contributed by atoms with Crippen LogP contribution in [-0.2, 0) is 14.3 Å². The lowest BCUT2D eigenvalue weighted by Gasteiger charge is -2.10. The van der Waals surface area contributed by atoms with Gasteiger partial charge in [-0.05, 0) is 19.1 Å². The van der Waals surface area contributed by atoms with E-state index in [9.17, 15) is 18.0 Å². The number of hydrogen-bond donors (Lipinski definition) is 1. The van der Waals surface area contributed by atoms with Crippen LogP contribution in [0.2, 0.25) is 0 Å². The van der Waals surface area contributed by atoms with Crippen LogP contribution in [0, 0.1) is 0 Å². The van der Waals surface area contributed by atoms with Crippen molar-refractivity contribution >= 4 is 17.7 Å². The first-order valence-corrected chi connectivity index (χ1v) is 6.23. The van der Waals surface area contributed by atoms with Crippen molar-refractivity contribution in [2.75, 3.05) is 24.7 Å². The van der Waals surface area contributed by atoms with Gasteiger partial charge in [-0.25, -0.2) is 0 Å². The normalized spacial score (nSPS) is 13.5. The Bertz CT molecular complexity index is 226. The summed E-state index contributed by atoms with van der Waals surface area (Å²) in [5, 5.41) is 0. The number of rotatable bonds is 8. The molecule has 0 heterocycles. The van der Waals surface area contributed by atoms with Crippen LogP contribution < -0.4 is 5.73 Å². The molecule has 0 aliphatic heterocycles. The summed E-state index contributed by atoms with van der Waals surface area (Å²) in [5.41, 5.74) is 5.49. The summed E-state index contributed by atoms with van der Waals surface area (Å²) < 4.78 is 43.0. The maximum absolute atomic E-state index is 11.6. The van der Waals surface area contributed by atoms with E-state index in [1.807, 2.05) is 0 Å². The standard InChI is InChI=1S/C9H16F3NO3S/c1-2-15-8(14)7(13)3-5-17-6-4-16-9(10,11)12/h7H,2-6,13H2,1H3. The van der Waals surface area contributed by atoms with Crippen LogP contribution >= 0.6 is 11.8 Å². The van der Waals surface area contributed by atoms with Gasteiger partial charge in [-0.3, -0.25) is 9.53 Å². The number of hydrogen-bond acceptors (Lipinski definition) is 5. The molecule has 0 saturated heterocycles. The summed E-state index contributed by atoms with van der Waals surface area (Å²) in [6, 6.07) is -0.717. The van der Waals surface area contributed by atoms with Gasteiger partial charge < -0.3 is 10.5 Å². The lowest BCUT2D eigenvalue weighted by molar-refractivity contribution is -0.322. The van der Waals surface area contributed by atoms with E-state index >= 15 is 0 Å². The first-order chi connectivity index (χ1) is 7.87. The number of alkyl halides is 3. The topological polar surface area (TPSA) is 61.5 Å². The van der Waals surface area contributed by atoms with Crippen molar-refractivity contribution in [1.29, 1.82) is 0 Å². The minimum atomic E-state index is -4.58. The van der Waals surface area contributed by atoms with Crippen LogP contribution in [0.15, 0.2) is 0 Å². The highest BCUT2D eigenvalue weighted by Crippen LogP contribution is 2.16. The fourth-order valence-electron chi connectivity index (χ4n) is 0.896. The highest BCUT2D eigenvalue weighted by atomic mass is 32.2. The SMILES string of the molecule is CCOC(=O)C(N)CCSCCOC(F)(F)F. The zero-order valence-electron chi connectivity index (χ0n) is 9.46. The molecular formula is C9H16F3NO3S. The second kappa shape index (κ2) is 8.60. The van der Waals surface area contributed by atoms with Crippen molar-refractivity contribution in [1.82, 2.24) is 0 Å². The van der Waals surface area contributed by atoms with Gasteiger partial charge in [0.2, 0.25) is 0 Å². The Hall–Kier alpha value is -0.470. The Morgan fingerprint density at radius 1 is 1.41 bits per heavy atom. The maximum atomic E-state index is 11.6. The van der Waals surface area contributed by atoms with Gasteiger partial charge in [-0.15, -0.1) is 13.2 Å². The molecule has 0 rings (SSSR count). The van der Waals surface area contributed by atoms with Crippen LogP contribution in [-0.4, -0.2) is 43.1 Å². The van der Waals surface area contributed by atoms with Crippen LogP contribution in [0.25, 0.3) is 0 Å². The van der Waals surface area contributed by atoms with Gasteiger partial charge >= 0.3 is 12.3 Å². The lowest BCUT2D eigenvalue weighted by Crippen LogP contribution is -2.32. The molecule has 0 spiro atoms. The summed E-state index contributed by atoms with van der Waals surface area (Å²) in [6.45, 7) is 1.54. The fraction of sp³-hybridized carbons (Fsp3) is 0.889. The Labute approximate surface area is 102 Å². The summed E-state index contributed by atoms with van der Waals surface area (Å²) in [7, 11) is 0. The van der Waals surface area contributed by atoms with Gasteiger partial charge in [0.25, 0.3) is 0 Å². The molecule has 0 aromatic heterocycles. The molecular weight excluding hydrogens is 259 g/mol. The Kier molecular flexibility index (Phi) is 8.36. The van der Waals surface area contributed by atoms with E-state index in [2.05, 4.69) is 9.47 Å². The third-order valence-corrected chi connectivity index (χ3v) is 2.64. The summed E-state index contributed by atoms with van der Waals surface area (Å²) in [4.78, 5) is 11.1. The molecule has 0 fully saturated rings. The third kappa shape index (κ3) is 10.4. The summed E-state index contributed by atoms with van der Waals surface area (Å²) in [5.74, 6) is 0.204. The van der Waals surface area contributed by atoms with Crippen molar-refractivity contribution in [3.05, 3.63) is 0 Å². The van der Waals surface area contributed by atoms with Crippen molar-refractivity contribution < 1.29 is 27.4 Å². The van der Waals surface area contributed by atoms with Gasteiger partial charge in [-0.2, -0.15) is 11.8 Å². The van der Waals surface area contributed by atoms with E-state index in [0.717, 1.165) is 0 Å². The largest absolute Gasteiger partial charge is 0.522 e. The predicted molar refractivity (Wildman–Crippen MR) is 58.6 cm³/mol. The molecule has 0 aromatic rings. The van der Waals surface area contributed by atoms with E-state index < -0.39 is 25.0 Å². The Balaban J connectivity index is 3.42. The molecule has 0 saturated carbocycles. The van der Waals surface area contributed by atoms with Gasteiger partial charge in [-0.1, -0.05) is 0 Å². The number of halogens is 3. The summed E-state index contributed by atoms with van der Waals surface area (Å²) in [6.07, 6.45) is -4.21. The van der Waals surface area contributed by atoms with E-state index in [1.165, 1.54) is 11.8 Å². The van der Waals surface area contributed by atoms with Crippen LogP contribution in [0.1, 0.15) is 13.3 Å². The molecule has 102 valence electrons. The average molecular weight is 275 g/mol. The minimum absolute atomic E-state index is 0.203. The number of thioether (sulfide) groups is 1. The Morgan fingerprint density at radius 3 is 2.59 bits per heavy atom. The molecule has 1 atom stereocenters. The predicted octanol–water partition coefficient (Wildman–Crippen LogP) is 1.54. The van der Waals surface area contributed by atoms with Crippen molar-refractivity contribution in [2.45, 2.75) is 25.7 Å². The number of ether oxygens (including phenoxy) is 2. The third-order valence-electron chi connectivity index (χ3n) is 1.66. The van der Waals surface area contributed by atoms with Gasteiger partial charge in [0.1, 0.15) is 6.04 Å². The van der Waals surface area contributed by atoms with Gasteiger partial charge in [0.15, 0.2) is 0 Å². The van der Waals surface area contributed by atoms with Crippen molar-refractivity contribution in [2.24, 2.45) is 5.73 Å². The average Bonchev–Trinajstić information content (AvgIpc) is 2.21. The highest BCUT2D eigenvalue weighted by molar-refractivity contribution is 7.99. The van der Waals surface area contributed by atoms with Gasteiger partial charge in [0.05, 0.1) is 13.2 Å². The quantitative estimate of drug-likeness (QED) is 0.538. The second-order valence-corrected chi connectivity index (χ2v) is 4.28. The van der Waals surface area contributed by atoms with Crippen LogP contribution in [0.4, 0.5) is 13.2 Å². The smallest absolute Gasteiger partial charge is 0.465 e. The lowest BCUT2D eigenvalue weighted by atomic mass is 10.2. The van der Waals surface area contributed by atoms with Crippen molar-refractivity contribution in [3.8, 4) is 0 Å². The monoisotopic (exact) mass is 275 g/mol. The molecule has 0 bridgehead atoms. The molecule has 0 aliphatic rings. The second-order valence-electron chi connectivity index (χ2n) is 3.05. The zero-order chi connectivity index (χ0) is 13.3. The molecule has 4 nitrogen and oxygen atoms in total. The fourth-order valence-corrected chi connectivity index (χ4v) is 1.72. The number of esters is 1. The van der Waals surface area contributed by atoms with Crippen molar-refractivity contribution in [3.63, 3.8) is 0 Å². The molecule has 0 aliphatic carbocycles. The molecule has 0 amide bonds. The minimum Gasteiger partial charge on any atom is -0.465 e. The molecule has 0 aromatic carbocycles. The van der Waals surface area contributed by atoms with E-state index in [0.29, 0.717) is 12.2 Å². The van der Waals surface area contributed by atoms with E-state index in [-0.39, 0.29) is 12.4 Å². The number of nitrogens with two attached hydrogens (primary N) is 1. The maximum Gasteiger partial charge on any atom is 0.522 e. The first-order valence-electron chi connectivity index (χ1n) is 5.07. The molecule has 17 heavy (non-hydrogen) atoms. The Morgan fingerprint density at radius 2 is 2.06 bits per heavy atom. The van der Waals surface area contributed by atoms with Crippen LogP contribution in [0.5, 0.6) is 0 Å². The summed E-state index contributed by atoms with van der Waals surface area (Å²) >= 11 is 1.24. The number of carbonyl (C=O) groups is 1. The molecule has 2 N–H and O–H groups in total. The molecule has 8 heteroatoms. The van der Waals surface area contributed by atoms with Gasteiger partial charge in [0, 0.05) is 5.75 Å². The first kappa shape index (κ1) is 16.5. The van der Waals surface area contributed by atoms with E-state index in [1.54, 1.807) is 6.92 Å².